The van der Waals surface area contributed by atoms with Gasteiger partial charge in [-0.1, -0.05) is 55.8 Å². The third kappa shape index (κ3) is 6.28. The fraction of sp³-hybridized carbons (Fsp3) is 0.464. The number of hydrogen-bond donors (Lipinski definition) is 1. The second-order valence-electron chi connectivity index (χ2n) is 9.76. The molecule has 8 nitrogen and oxygen atoms in total. The van der Waals surface area contributed by atoms with Crippen LogP contribution in [0.15, 0.2) is 54.6 Å². The van der Waals surface area contributed by atoms with Gasteiger partial charge in [0, 0.05) is 20.1 Å². The first-order chi connectivity index (χ1) is 17.9. The maximum Gasteiger partial charge on any atom is 0.334 e. The molecule has 2 aliphatic heterocycles. The molecule has 2 fully saturated rings. The van der Waals surface area contributed by atoms with E-state index < -0.39 is 12.2 Å². The number of nitrogens with zero attached hydrogens (tertiary/aromatic N) is 4. The van der Waals surface area contributed by atoms with Crippen molar-refractivity contribution in [1.82, 2.24) is 25.1 Å². The zero-order chi connectivity index (χ0) is 26.4. The van der Waals surface area contributed by atoms with Gasteiger partial charge >= 0.3 is 6.03 Å². The number of nitrogens with one attached hydrogen (secondary N) is 1. The molecule has 0 bridgehead atoms. The molecule has 2 heterocycles. The van der Waals surface area contributed by atoms with Gasteiger partial charge in [-0.3, -0.25) is 9.59 Å². The Bertz CT molecular complexity index is 1080. The van der Waals surface area contributed by atoms with Crippen molar-refractivity contribution in [2.45, 2.75) is 57.8 Å². The molecule has 0 aromatic heterocycles. The van der Waals surface area contributed by atoms with Crippen LogP contribution in [0.5, 0.6) is 0 Å². The molecule has 0 radical (unpaired) electrons. The number of rotatable bonds is 9. The zero-order valence-electron chi connectivity index (χ0n) is 21.6. The van der Waals surface area contributed by atoms with Crippen LogP contribution in [0, 0.1) is 5.82 Å². The van der Waals surface area contributed by atoms with Crippen LogP contribution in [-0.2, 0) is 22.6 Å². The predicted octanol–water partition coefficient (Wildman–Crippen LogP) is 3.39. The lowest BCUT2D eigenvalue weighted by atomic mass is 10.0. The minimum Gasteiger partial charge on any atom is -0.337 e. The number of urea groups is 1. The highest BCUT2D eigenvalue weighted by molar-refractivity contribution is 5.91. The minimum absolute atomic E-state index is 0.0189. The standard InChI is InChI=1S/C28H36FN5O3/c1-3-9-24-27(36)32(17-8-7-12-21-10-5-4-6-11-21)19-25-33(24)26(35)20-31(2)34(25)28(37)30-18-22-13-15-23(29)16-14-22/h4-6,10-11,13-16,24-25H,3,7-9,12,17-20H2,1-2H3,(H,30,37)/t24-,25-/m0/s1. The minimum atomic E-state index is -0.581. The molecule has 198 valence electrons. The first-order valence-electron chi connectivity index (χ1n) is 13.1. The van der Waals surface area contributed by atoms with Crippen molar-refractivity contribution in [3.63, 3.8) is 0 Å². The number of likely N-dealkylation sites (N-methyl/N-ethyl adjacent to an activating group) is 1. The molecule has 4 amide bonds. The summed E-state index contributed by atoms with van der Waals surface area (Å²) in [5, 5.41) is 6.06. The Hall–Kier alpha value is -3.46. The molecule has 2 aromatic carbocycles. The largest absolute Gasteiger partial charge is 0.337 e. The average Bonchev–Trinajstić information content (AvgIpc) is 2.89. The number of halogens is 1. The topological polar surface area (TPSA) is 76.2 Å². The molecule has 9 heteroatoms. The smallest absolute Gasteiger partial charge is 0.334 e. The summed E-state index contributed by atoms with van der Waals surface area (Å²) >= 11 is 0. The van der Waals surface area contributed by atoms with E-state index in [4.69, 9.17) is 0 Å². The van der Waals surface area contributed by atoms with Crippen LogP contribution in [0.3, 0.4) is 0 Å². The van der Waals surface area contributed by atoms with Gasteiger partial charge in [0.15, 0.2) is 0 Å². The second kappa shape index (κ2) is 12.2. The van der Waals surface area contributed by atoms with E-state index in [0.29, 0.717) is 13.0 Å². The van der Waals surface area contributed by atoms with Gasteiger partial charge in [-0.05, 0) is 48.9 Å². The number of hydrazine groups is 1. The Morgan fingerprint density at radius 3 is 2.46 bits per heavy atom. The lowest BCUT2D eigenvalue weighted by molar-refractivity contribution is -0.187. The summed E-state index contributed by atoms with van der Waals surface area (Å²) < 4.78 is 13.2. The maximum atomic E-state index is 13.4. The molecule has 0 unspecified atom stereocenters. The molecule has 0 saturated carbocycles. The second-order valence-corrected chi connectivity index (χ2v) is 9.76. The van der Waals surface area contributed by atoms with Gasteiger partial charge < -0.3 is 15.1 Å². The summed E-state index contributed by atoms with van der Waals surface area (Å²) in [4.78, 5) is 43.3. The fourth-order valence-electron chi connectivity index (χ4n) is 5.19. The van der Waals surface area contributed by atoms with Crippen molar-refractivity contribution in [2.24, 2.45) is 0 Å². The number of carbonyl (C=O) groups excluding carboxylic acids is 3. The first-order valence-corrected chi connectivity index (χ1v) is 13.1. The van der Waals surface area contributed by atoms with E-state index in [1.165, 1.54) is 17.7 Å². The van der Waals surface area contributed by atoms with E-state index in [2.05, 4.69) is 17.4 Å². The number of benzene rings is 2. The van der Waals surface area contributed by atoms with E-state index in [9.17, 15) is 18.8 Å². The van der Waals surface area contributed by atoms with Gasteiger partial charge in [-0.25, -0.2) is 19.2 Å². The van der Waals surface area contributed by atoms with Crippen LogP contribution in [0.1, 0.15) is 43.7 Å². The summed E-state index contributed by atoms with van der Waals surface area (Å²) in [7, 11) is 1.71. The molecule has 2 atom stereocenters. The number of amides is 4. The molecule has 2 saturated heterocycles. The van der Waals surface area contributed by atoms with Gasteiger partial charge in [0.05, 0.1) is 13.1 Å². The Morgan fingerprint density at radius 2 is 1.76 bits per heavy atom. The molecule has 0 aliphatic carbocycles. The molecular weight excluding hydrogens is 473 g/mol. The first kappa shape index (κ1) is 26.6. The van der Waals surface area contributed by atoms with Crippen LogP contribution < -0.4 is 5.32 Å². The van der Waals surface area contributed by atoms with E-state index in [1.807, 2.05) is 30.0 Å². The number of fused-ring (bicyclic) bond motifs is 1. The van der Waals surface area contributed by atoms with Gasteiger partial charge in [-0.2, -0.15) is 0 Å². The van der Waals surface area contributed by atoms with Crippen molar-refractivity contribution in [1.29, 1.82) is 0 Å². The quantitative estimate of drug-likeness (QED) is 0.526. The highest BCUT2D eigenvalue weighted by atomic mass is 19.1. The molecule has 1 N–H and O–H groups in total. The number of aryl methyl sites for hydroxylation is 1. The Kier molecular flexibility index (Phi) is 8.76. The monoisotopic (exact) mass is 509 g/mol. The van der Waals surface area contributed by atoms with Gasteiger partial charge in [0.25, 0.3) is 0 Å². The van der Waals surface area contributed by atoms with Crippen LogP contribution in [0.25, 0.3) is 0 Å². The fourth-order valence-corrected chi connectivity index (χ4v) is 5.19. The molecular formula is C28H36FN5O3. The van der Waals surface area contributed by atoms with Crippen molar-refractivity contribution in [3.05, 3.63) is 71.5 Å². The normalized spacial score (nSPS) is 20.2. The van der Waals surface area contributed by atoms with E-state index >= 15 is 0 Å². The van der Waals surface area contributed by atoms with Crippen LogP contribution >= 0.6 is 0 Å². The van der Waals surface area contributed by atoms with Crippen LogP contribution in [-0.4, -0.2) is 76.6 Å². The zero-order valence-corrected chi connectivity index (χ0v) is 21.6. The summed E-state index contributed by atoms with van der Waals surface area (Å²) in [6, 6.07) is 15.3. The molecule has 0 spiro atoms. The highest BCUT2D eigenvalue weighted by Crippen LogP contribution is 2.28. The lowest BCUT2D eigenvalue weighted by Crippen LogP contribution is -2.75. The van der Waals surface area contributed by atoms with E-state index in [1.54, 1.807) is 34.1 Å². The van der Waals surface area contributed by atoms with Crippen LogP contribution in [0.4, 0.5) is 9.18 Å². The summed E-state index contributed by atoms with van der Waals surface area (Å²) in [5.74, 6) is -0.523. The van der Waals surface area contributed by atoms with Crippen LogP contribution in [0.2, 0.25) is 0 Å². The SMILES string of the molecule is CCC[C@H]1C(=O)N(CCCCc2ccccc2)C[C@H]2N1C(=O)CN(C)N2C(=O)NCc1ccc(F)cc1. The summed E-state index contributed by atoms with van der Waals surface area (Å²) in [6.07, 6.45) is 3.45. The van der Waals surface area contributed by atoms with Gasteiger partial charge in [-0.15, -0.1) is 0 Å². The average molecular weight is 510 g/mol. The van der Waals surface area contributed by atoms with Crippen molar-refractivity contribution in [2.75, 3.05) is 26.7 Å². The van der Waals surface area contributed by atoms with E-state index in [-0.39, 0.29) is 43.3 Å². The molecule has 2 aromatic rings. The maximum absolute atomic E-state index is 13.4. The van der Waals surface area contributed by atoms with E-state index in [0.717, 1.165) is 31.2 Å². The third-order valence-corrected chi connectivity index (χ3v) is 7.05. The van der Waals surface area contributed by atoms with Gasteiger partial charge in [0.2, 0.25) is 11.8 Å². The lowest BCUT2D eigenvalue weighted by Gasteiger charge is -2.54. The molecule has 4 rings (SSSR count). The number of piperazine rings is 1. The van der Waals surface area contributed by atoms with Crippen molar-refractivity contribution < 1.29 is 18.8 Å². The predicted molar refractivity (Wildman–Crippen MR) is 138 cm³/mol. The van der Waals surface area contributed by atoms with Gasteiger partial charge in [0.1, 0.15) is 18.0 Å². The third-order valence-electron chi connectivity index (χ3n) is 7.05. The molecule has 2 aliphatic rings. The Morgan fingerprint density at radius 1 is 1.03 bits per heavy atom. The highest BCUT2D eigenvalue weighted by Gasteiger charge is 2.50. The summed E-state index contributed by atoms with van der Waals surface area (Å²) in [6.45, 7) is 3.09. The number of carbonyl (C=O) groups is 3. The number of hydrogen-bond acceptors (Lipinski definition) is 4. The van der Waals surface area contributed by atoms with Crippen molar-refractivity contribution in [3.8, 4) is 0 Å². The Balaban J connectivity index is 1.46. The Labute approximate surface area is 218 Å². The number of unbranched alkanes of at least 4 members (excludes halogenated alkanes) is 1. The molecule has 37 heavy (non-hydrogen) atoms. The summed E-state index contributed by atoms with van der Waals surface area (Å²) in [5.41, 5.74) is 2.04. The van der Waals surface area contributed by atoms with Crippen molar-refractivity contribution >= 4 is 17.8 Å².